The molecule has 0 aromatic heterocycles. The fraction of sp³-hybridized carbons (Fsp3) is 0.300. The number of carbonyl (C=O) groups excluding carboxylic acids is 1. The van der Waals surface area contributed by atoms with Crippen LogP contribution in [0.3, 0.4) is 0 Å². The molecule has 0 aliphatic carbocycles. The van der Waals surface area contributed by atoms with Crippen LogP contribution >= 0.6 is 0 Å². The number of aliphatic carboxylic acids is 1. The summed E-state index contributed by atoms with van der Waals surface area (Å²) in [5.41, 5.74) is 3.63. The summed E-state index contributed by atoms with van der Waals surface area (Å²) in [4.78, 5) is 22.9. The van der Waals surface area contributed by atoms with E-state index in [1.54, 1.807) is 19.1 Å². The van der Waals surface area contributed by atoms with E-state index in [2.05, 4.69) is 5.32 Å². The van der Waals surface area contributed by atoms with Crippen LogP contribution in [-0.2, 0) is 16.0 Å². The number of ether oxygens (including phenoxy) is 1. The first-order valence-corrected chi connectivity index (χ1v) is 8.17. The molecule has 2 aromatic rings. The second kappa shape index (κ2) is 8.33. The molecule has 0 saturated carbocycles. The van der Waals surface area contributed by atoms with E-state index < -0.39 is 11.9 Å². The van der Waals surface area contributed by atoms with Gasteiger partial charge in [-0.1, -0.05) is 31.2 Å². The standard InChI is InChI=1S/C20H23NO4/c1-13-4-5-14(2)18(10-13)25-12-19(22)21-17-8-6-16(7-9-17)11-15(3)20(23)24/h4-10,15H,11-12H2,1-3H3,(H,21,22)(H,23,24). The molecule has 0 aliphatic rings. The Kier molecular flexibility index (Phi) is 6.17. The molecule has 1 amide bonds. The van der Waals surface area contributed by atoms with Gasteiger partial charge in [0.2, 0.25) is 0 Å². The summed E-state index contributed by atoms with van der Waals surface area (Å²) in [6, 6.07) is 13.0. The quantitative estimate of drug-likeness (QED) is 0.807. The van der Waals surface area contributed by atoms with E-state index in [0.29, 0.717) is 17.9 Å². The number of carboxylic acid groups (broad SMARTS) is 1. The molecule has 0 bridgehead atoms. The summed E-state index contributed by atoms with van der Waals surface area (Å²) in [5.74, 6) is -0.798. The van der Waals surface area contributed by atoms with Crippen molar-refractivity contribution in [2.45, 2.75) is 27.2 Å². The highest BCUT2D eigenvalue weighted by Gasteiger charge is 2.11. The molecule has 132 valence electrons. The van der Waals surface area contributed by atoms with Gasteiger partial charge < -0.3 is 15.2 Å². The van der Waals surface area contributed by atoms with E-state index >= 15 is 0 Å². The zero-order valence-corrected chi connectivity index (χ0v) is 14.7. The van der Waals surface area contributed by atoms with E-state index in [1.807, 2.05) is 44.2 Å². The summed E-state index contributed by atoms with van der Waals surface area (Å²) < 4.78 is 5.58. The predicted octanol–water partition coefficient (Wildman–Crippen LogP) is 3.58. The molecule has 1 atom stereocenters. The highest BCUT2D eigenvalue weighted by atomic mass is 16.5. The average molecular weight is 341 g/mol. The molecule has 0 heterocycles. The molecule has 5 nitrogen and oxygen atoms in total. The number of hydrogen-bond donors (Lipinski definition) is 2. The van der Waals surface area contributed by atoms with E-state index in [9.17, 15) is 9.59 Å². The van der Waals surface area contributed by atoms with Crippen LogP contribution in [0.15, 0.2) is 42.5 Å². The fourth-order valence-corrected chi connectivity index (χ4v) is 2.37. The number of benzene rings is 2. The maximum atomic E-state index is 12.0. The van der Waals surface area contributed by atoms with E-state index in [0.717, 1.165) is 16.7 Å². The van der Waals surface area contributed by atoms with Gasteiger partial charge in [0.1, 0.15) is 5.75 Å². The molecule has 2 rings (SSSR count). The average Bonchev–Trinajstić information content (AvgIpc) is 2.57. The summed E-state index contributed by atoms with van der Waals surface area (Å²) >= 11 is 0. The second-order valence-electron chi connectivity index (χ2n) is 6.25. The van der Waals surface area contributed by atoms with Crippen molar-refractivity contribution in [2.75, 3.05) is 11.9 Å². The van der Waals surface area contributed by atoms with Crippen LogP contribution in [-0.4, -0.2) is 23.6 Å². The number of aryl methyl sites for hydroxylation is 2. The van der Waals surface area contributed by atoms with Gasteiger partial charge in [-0.15, -0.1) is 0 Å². The summed E-state index contributed by atoms with van der Waals surface area (Å²) in [6.07, 6.45) is 0.458. The molecular weight excluding hydrogens is 318 g/mol. The van der Waals surface area contributed by atoms with Gasteiger partial charge in [0, 0.05) is 5.69 Å². The van der Waals surface area contributed by atoms with Gasteiger partial charge in [0.15, 0.2) is 6.61 Å². The number of amides is 1. The highest BCUT2D eigenvalue weighted by Crippen LogP contribution is 2.19. The zero-order chi connectivity index (χ0) is 18.4. The van der Waals surface area contributed by atoms with Crippen molar-refractivity contribution >= 4 is 17.6 Å². The van der Waals surface area contributed by atoms with Crippen LogP contribution in [0.5, 0.6) is 5.75 Å². The minimum Gasteiger partial charge on any atom is -0.483 e. The lowest BCUT2D eigenvalue weighted by Crippen LogP contribution is -2.20. The Hall–Kier alpha value is -2.82. The SMILES string of the molecule is Cc1ccc(C)c(OCC(=O)Nc2ccc(CC(C)C(=O)O)cc2)c1. The van der Waals surface area contributed by atoms with Crippen molar-refractivity contribution in [1.29, 1.82) is 0 Å². The van der Waals surface area contributed by atoms with Crippen molar-refractivity contribution in [1.82, 2.24) is 0 Å². The second-order valence-corrected chi connectivity index (χ2v) is 6.25. The minimum atomic E-state index is -0.819. The van der Waals surface area contributed by atoms with Crippen LogP contribution < -0.4 is 10.1 Å². The maximum absolute atomic E-state index is 12.0. The van der Waals surface area contributed by atoms with Crippen LogP contribution in [0.25, 0.3) is 0 Å². The van der Waals surface area contributed by atoms with Gasteiger partial charge in [0.25, 0.3) is 5.91 Å². The van der Waals surface area contributed by atoms with Gasteiger partial charge in [-0.25, -0.2) is 0 Å². The molecule has 5 heteroatoms. The molecule has 0 spiro atoms. The molecular formula is C20H23NO4. The number of carboxylic acids is 1. The van der Waals surface area contributed by atoms with Crippen LogP contribution in [0.4, 0.5) is 5.69 Å². The van der Waals surface area contributed by atoms with Crippen molar-refractivity contribution in [2.24, 2.45) is 5.92 Å². The predicted molar refractivity (Wildman–Crippen MR) is 97.0 cm³/mol. The van der Waals surface area contributed by atoms with Gasteiger partial charge in [-0.3, -0.25) is 9.59 Å². The van der Waals surface area contributed by atoms with Crippen LogP contribution in [0.2, 0.25) is 0 Å². The van der Waals surface area contributed by atoms with Gasteiger partial charge in [-0.05, 0) is 55.2 Å². The lowest BCUT2D eigenvalue weighted by molar-refractivity contribution is -0.141. The molecule has 2 N–H and O–H groups in total. The molecule has 25 heavy (non-hydrogen) atoms. The third kappa shape index (κ3) is 5.64. The number of rotatable bonds is 7. The van der Waals surface area contributed by atoms with E-state index in [1.165, 1.54) is 0 Å². The van der Waals surface area contributed by atoms with Gasteiger partial charge in [-0.2, -0.15) is 0 Å². The Bertz CT molecular complexity index is 753. The van der Waals surface area contributed by atoms with Crippen LogP contribution in [0.1, 0.15) is 23.6 Å². The Morgan fingerprint density at radius 2 is 1.80 bits per heavy atom. The van der Waals surface area contributed by atoms with Gasteiger partial charge >= 0.3 is 5.97 Å². The molecule has 0 saturated heterocycles. The van der Waals surface area contributed by atoms with Gasteiger partial charge in [0.05, 0.1) is 5.92 Å². The minimum absolute atomic E-state index is 0.0674. The largest absolute Gasteiger partial charge is 0.483 e. The van der Waals surface area contributed by atoms with Crippen molar-refractivity contribution in [3.63, 3.8) is 0 Å². The first-order valence-electron chi connectivity index (χ1n) is 8.17. The summed E-state index contributed by atoms with van der Waals surface area (Å²) in [5, 5.41) is 11.7. The normalized spacial score (nSPS) is 11.6. The number of carbonyl (C=O) groups is 2. The smallest absolute Gasteiger partial charge is 0.306 e. The van der Waals surface area contributed by atoms with Crippen LogP contribution in [0, 0.1) is 19.8 Å². The first kappa shape index (κ1) is 18.5. The first-order chi connectivity index (χ1) is 11.8. The highest BCUT2D eigenvalue weighted by molar-refractivity contribution is 5.91. The Morgan fingerprint density at radius 1 is 1.12 bits per heavy atom. The Morgan fingerprint density at radius 3 is 2.44 bits per heavy atom. The number of anilines is 1. The van der Waals surface area contributed by atoms with Crippen molar-refractivity contribution < 1.29 is 19.4 Å². The fourth-order valence-electron chi connectivity index (χ4n) is 2.37. The number of hydrogen-bond acceptors (Lipinski definition) is 3. The third-order valence-electron chi connectivity index (χ3n) is 3.90. The monoisotopic (exact) mass is 341 g/mol. The molecule has 0 radical (unpaired) electrons. The lowest BCUT2D eigenvalue weighted by atomic mass is 10.0. The Balaban J connectivity index is 1.88. The number of nitrogens with one attached hydrogen (secondary N) is 1. The topological polar surface area (TPSA) is 75.6 Å². The summed E-state index contributed by atoms with van der Waals surface area (Å²) in [7, 11) is 0. The lowest BCUT2D eigenvalue weighted by Gasteiger charge is -2.11. The summed E-state index contributed by atoms with van der Waals surface area (Å²) in [6.45, 7) is 5.51. The maximum Gasteiger partial charge on any atom is 0.306 e. The molecule has 0 fully saturated rings. The molecule has 2 aromatic carbocycles. The van der Waals surface area contributed by atoms with E-state index in [-0.39, 0.29) is 12.5 Å². The third-order valence-corrected chi connectivity index (χ3v) is 3.90. The van der Waals surface area contributed by atoms with Crippen molar-refractivity contribution in [3.05, 3.63) is 59.2 Å². The molecule has 0 aliphatic heterocycles. The zero-order valence-electron chi connectivity index (χ0n) is 14.7. The Labute approximate surface area is 147 Å². The van der Waals surface area contributed by atoms with Crippen molar-refractivity contribution in [3.8, 4) is 5.75 Å². The van der Waals surface area contributed by atoms with E-state index in [4.69, 9.17) is 9.84 Å². The molecule has 1 unspecified atom stereocenters.